The molecule has 8 heteroatoms. The number of aromatic nitrogens is 2. The summed E-state index contributed by atoms with van der Waals surface area (Å²) in [5.74, 6) is -0.863. The van der Waals surface area contributed by atoms with Gasteiger partial charge in [0.25, 0.3) is 0 Å². The van der Waals surface area contributed by atoms with Gasteiger partial charge in [0.2, 0.25) is 5.91 Å². The molecule has 0 aliphatic heterocycles. The molecule has 7 nitrogen and oxygen atoms in total. The van der Waals surface area contributed by atoms with Gasteiger partial charge in [0, 0.05) is 12.3 Å². The Balaban J connectivity index is 1.96. The lowest BCUT2D eigenvalue weighted by atomic mass is 10.3. The molecule has 2 rings (SSSR count). The number of benzene rings is 1. The first-order chi connectivity index (χ1) is 9.54. The van der Waals surface area contributed by atoms with Crippen LogP contribution in [0.3, 0.4) is 0 Å². The minimum Gasteiger partial charge on any atom is -0.368 e. The van der Waals surface area contributed by atoms with E-state index >= 15 is 0 Å². The molecule has 4 N–H and O–H groups in total. The predicted octanol–water partition coefficient (Wildman–Crippen LogP) is 1.15. The van der Waals surface area contributed by atoms with Crippen molar-refractivity contribution >= 4 is 23.4 Å². The lowest BCUT2D eigenvalue weighted by Gasteiger charge is -2.06. The molecule has 0 unspecified atom stereocenters. The normalized spacial score (nSPS) is 10.1. The van der Waals surface area contributed by atoms with Crippen molar-refractivity contribution < 1.29 is 14.0 Å². The van der Waals surface area contributed by atoms with Crippen molar-refractivity contribution in [3.8, 4) is 0 Å². The summed E-state index contributed by atoms with van der Waals surface area (Å²) in [7, 11) is 0. The first-order valence-electron chi connectivity index (χ1n) is 5.69. The lowest BCUT2D eigenvalue weighted by Crippen LogP contribution is -2.21. The summed E-state index contributed by atoms with van der Waals surface area (Å²) in [6, 6.07) is 6.63. The summed E-state index contributed by atoms with van der Waals surface area (Å²) in [4.78, 5) is 22.3. The summed E-state index contributed by atoms with van der Waals surface area (Å²) >= 11 is 0. The van der Waals surface area contributed by atoms with Gasteiger partial charge in [-0.05, 0) is 12.1 Å². The molecule has 104 valence electrons. The van der Waals surface area contributed by atoms with Crippen LogP contribution in [0.2, 0.25) is 0 Å². The summed E-state index contributed by atoms with van der Waals surface area (Å²) < 4.78 is 14.6. The number of primary amides is 1. The molecular weight excluding hydrogens is 265 g/mol. The van der Waals surface area contributed by atoms with Crippen molar-refractivity contribution in [3.63, 3.8) is 0 Å². The van der Waals surface area contributed by atoms with Gasteiger partial charge in [0.1, 0.15) is 12.4 Å². The van der Waals surface area contributed by atoms with Gasteiger partial charge in [-0.1, -0.05) is 12.1 Å². The second kappa shape index (κ2) is 5.83. The summed E-state index contributed by atoms with van der Waals surface area (Å²) in [6.45, 7) is -0.0867. The van der Waals surface area contributed by atoms with Gasteiger partial charge in [-0.2, -0.15) is 5.10 Å². The van der Waals surface area contributed by atoms with Crippen LogP contribution in [0.25, 0.3) is 0 Å². The highest BCUT2D eigenvalue weighted by atomic mass is 19.1. The zero-order valence-electron chi connectivity index (χ0n) is 10.3. The molecule has 1 aromatic heterocycles. The van der Waals surface area contributed by atoms with Crippen LogP contribution in [-0.4, -0.2) is 21.7 Å². The number of hydrogen-bond acceptors (Lipinski definition) is 3. The molecular formula is C12H12FN5O2. The van der Waals surface area contributed by atoms with Crippen molar-refractivity contribution in [3.05, 3.63) is 42.3 Å². The van der Waals surface area contributed by atoms with Crippen LogP contribution >= 0.6 is 0 Å². The van der Waals surface area contributed by atoms with Crippen molar-refractivity contribution in [1.29, 1.82) is 0 Å². The van der Waals surface area contributed by atoms with E-state index in [1.54, 1.807) is 6.07 Å². The van der Waals surface area contributed by atoms with Crippen LogP contribution in [0.15, 0.2) is 36.5 Å². The monoisotopic (exact) mass is 277 g/mol. The van der Waals surface area contributed by atoms with Crippen molar-refractivity contribution in [2.24, 2.45) is 5.73 Å². The minimum absolute atomic E-state index is 0.0570. The number of para-hydroxylation sites is 1. The third kappa shape index (κ3) is 3.55. The van der Waals surface area contributed by atoms with E-state index in [-0.39, 0.29) is 18.1 Å². The van der Waals surface area contributed by atoms with Crippen LogP contribution in [-0.2, 0) is 11.3 Å². The van der Waals surface area contributed by atoms with Crippen molar-refractivity contribution in [1.82, 2.24) is 9.78 Å². The fraction of sp³-hybridized carbons (Fsp3) is 0.0833. The zero-order chi connectivity index (χ0) is 14.5. The molecule has 0 bridgehead atoms. The lowest BCUT2D eigenvalue weighted by molar-refractivity contribution is -0.118. The number of rotatable bonds is 4. The maximum atomic E-state index is 13.3. The molecule has 1 aromatic carbocycles. The SMILES string of the molecule is NC(=O)Cn1ccc(NC(=O)Nc2ccccc2F)n1. The molecule has 3 amide bonds. The van der Waals surface area contributed by atoms with Crippen LogP contribution < -0.4 is 16.4 Å². The number of anilines is 2. The predicted molar refractivity (Wildman–Crippen MR) is 70.5 cm³/mol. The fourth-order valence-electron chi connectivity index (χ4n) is 1.51. The standard InChI is InChI=1S/C12H12FN5O2/c13-8-3-1-2-4-9(8)15-12(20)16-11-5-6-18(17-11)7-10(14)19/h1-6H,7H2,(H2,14,19)(H2,15,16,17,20). The Morgan fingerprint density at radius 3 is 2.70 bits per heavy atom. The number of urea groups is 1. The van der Waals surface area contributed by atoms with Gasteiger partial charge in [0.15, 0.2) is 5.82 Å². The Kier molecular flexibility index (Phi) is 3.94. The van der Waals surface area contributed by atoms with E-state index in [9.17, 15) is 14.0 Å². The number of halogens is 1. The van der Waals surface area contributed by atoms with E-state index in [0.29, 0.717) is 0 Å². The summed E-state index contributed by atoms with van der Waals surface area (Å²) in [5.41, 5.74) is 5.07. The molecule has 0 saturated carbocycles. The summed E-state index contributed by atoms with van der Waals surface area (Å²) in [5, 5.41) is 8.66. The van der Waals surface area contributed by atoms with Crippen LogP contribution in [0, 0.1) is 5.82 Å². The average Bonchev–Trinajstić information content (AvgIpc) is 2.78. The van der Waals surface area contributed by atoms with Gasteiger partial charge >= 0.3 is 6.03 Å². The first-order valence-corrected chi connectivity index (χ1v) is 5.69. The van der Waals surface area contributed by atoms with Crippen molar-refractivity contribution in [2.75, 3.05) is 10.6 Å². The number of nitrogens with zero attached hydrogens (tertiary/aromatic N) is 2. The van der Waals surface area contributed by atoms with Gasteiger partial charge < -0.3 is 11.1 Å². The van der Waals surface area contributed by atoms with Crippen LogP contribution in [0.5, 0.6) is 0 Å². The van der Waals surface area contributed by atoms with Crippen LogP contribution in [0.4, 0.5) is 20.7 Å². The molecule has 0 saturated heterocycles. The van der Waals surface area contributed by atoms with Crippen molar-refractivity contribution in [2.45, 2.75) is 6.54 Å². The highest BCUT2D eigenvalue weighted by molar-refractivity contribution is 5.99. The van der Waals surface area contributed by atoms with Gasteiger partial charge in [-0.3, -0.25) is 14.8 Å². The largest absolute Gasteiger partial charge is 0.368 e. The van der Waals surface area contributed by atoms with Gasteiger partial charge in [-0.15, -0.1) is 0 Å². The molecule has 0 radical (unpaired) electrons. The molecule has 0 spiro atoms. The Labute approximate surface area is 113 Å². The maximum Gasteiger partial charge on any atom is 0.324 e. The van der Waals surface area contributed by atoms with E-state index < -0.39 is 17.8 Å². The van der Waals surface area contributed by atoms with E-state index in [2.05, 4.69) is 15.7 Å². The third-order valence-electron chi connectivity index (χ3n) is 2.32. The number of nitrogens with two attached hydrogens (primary N) is 1. The highest BCUT2D eigenvalue weighted by Crippen LogP contribution is 2.12. The second-order valence-corrected chi connectivity index (χ2v) is 3.92. The van der Waals surface area contributed by atoms with E-state index in [4.69, 9.17) is 5.73 Å². The Hall–Kier alpha value is -2.90. The minimum atomic E-state index is -0.639. The number of hydrogen-bond donors (Lipinski definition) is 3. The molecule has 0 aliphatic carbocycles. The highest BCUT2D eigenvalue weighted by Gasteiger charge is 2.08. The van der Waals surface area contributed by atoms with E-state index in [0.717, 1.165) is 0 Å². The fourth-order valence-corrected chi connectivity index (χ4v) is 1.51. The quantitative estimate of drug-likeness (QED) is 0.781. The number of carbonyl (C=O) groups excluding carboxylic acids is 2. The molecule has 0 fully saturated rings. The zero-order valence-corrected chi connectivity index (χ0v) is 10.3. The molecule has 1 heterocycles. The van der Waals surface area contributed by atoms with Gasteiger partial charge in [0.05, 0.1) is 5.69 Å². The Morgan fingerprint density at radius 2 is 2.00 bits per heavy atom. The van der Waals surface area contributed by atoms with Gasteiger partial charge in [-0.25, -0.2) is 9.18 Å². The number of amides is 3. The number of nitrogens with one attached hydrogen (secondary N) is 2. The average molecular weight is 277 g/mol. The molecule has 20 heavy (non-hydrogen) atoms. The molecule has 0 atom stereocenters. The molecule has 0 aliphatic rings. The number of carbonyl (C=O) groups is 2. The topological polar surface area (TPSA) is 102 Å². The Morgan fingerprint density at radius 1 is 1.25 bits per heavy atom. The van der Waals surface area contributed by atoms with Crippen LogP contribution in [0.1, 0.15) is 0 Å². The van der Waals surface area contributed by atoms with E-state index in [1.165, 1.54) is 35.1 Å². The third-order valence-corrected chi connectivity index (χ3v) is 2.32. The second-order valence-electron chi connectivity index (χ2n) is 3.92. The first kappa shape index (κ1) is 13.5. The Bertz CT molecular complexity index is 640. The summed E-state index contributed by atoms with van der Waals surface area (Å²) in [6.07, 6.45) is 1.49. The van der Waals surface area contributed by atoms with E-state index in [1.807, 2.05) is 0 Å². The maximum absolute atomic E-state index is 13.3. The smallest absolute Gasteiger partial charge is 0.324 e. The molecule has 2 aromatic rings.